The Kier molecular flexibility index (Phi) is 18.2. The van der Waals surface area contributed by atoms with Crippen LogP contribution < -0.4 is 4.89 Å². The molecule has 0 saturated heterocycles. The monoisotopic (exact) mass is 497 g/mol. The lowest BCUT2D eigenvalue weighted by Gasteiger charge is -2.34. The maximum atomic E-state index is 12.2. The van der Waals surface area contributed by atoms with E-state index in [-0.39, 0.29) is 31.1 Å². The molecular formula is C23H48NO6PS. The Morgan fingerprint density at radius 2 is 1.56 bits per heavy atom. The summed E-state index contributed by atoms with van der Waals surface area (Å²) in [5, 5.41) is 0. The van der Waals surface area contributed by atoms with Crippen molar-refractivity contribution in [1.29, 1.82) is 0 Å². The van der Waals surface area contributed by atoms with Gasteiger partial charge in [0.1, 0.15) is 12.6 Å². The summed E-state index contributed by atoms with van der Waals surface area (Å²) in [6.45, 7) is 4.18. The van der Waals surface area contributed by atoms with Gasteiger partial charge in [0.15, 0.2) is 0 Å². The van der Waals surface area contributed by atoms with E-state index in [0.29, 0.717) is 10.9 Å². The molecule has 0 aliphatic carbocycles. The van der Waals surface area contributed by atoms with Crippen molar-refractivity contribution in [2.75, 3.05) is 45.9 Å². The molecule has 0 bridgehead atoms. The van der Waals surface area contributed by atoms with E-state index >= 15 is 0 Å². The molecule has 0 aliphatic heterocycles. The molecule has 3 atom stereocenters. The first-order valence-corrected chi connectivity index (χ1v) is 14.9. The van der Waals surface area contributed by atoms with Crippen LogP contribution in [0.3, 0.4) is 0 Å². The van der Waals surface area contributed by atoms with Crippen molar-refractivity contribution < 1.29 is 32.9 Å². The molecule has 0 heterocycles. The molecule has 0 aliphatic rings. The van der Waals surface area contributed by atoms with Crippen molar-refractivity contribution in [1.82, 2.24) is 0 Å². The minimum absolute atomic E-state index is 0.150. The maximum Gasteiger partial charge on any atom is 0.309 e. The van der Waals surface area contributed by atoms with Crippen LogP contribution in [-0.4, -0.2) is 67.3 Å². The normalized spacial score (nSPS) is 15.8. The molecule has 9 heteroatoms. The molecule has 192 valence electrons. The van der Waals surface area contributed by atoms with Gasteiger partial charge < -0.3 is 23.5 Å². The minimum atomic E-state index is -4.76. The summed E-state index contributed by atoms with van der Waals surface area (Å²) in [5.41, 5.74) is 0. The van der Waals surface area contributed by atoms with Crippen LogP contribution in [0.1, 0.15) is 84.5 Å². The van der Waals surface area contributed by atoms with Crippen molar-refractivity contribution in [3.05, 3.63) is 0 Å². The Hall–Kier alpha value is -0.110. The summed E-state index contributed by atoms with van der Waals surface area (Å²) < 4.78 is 21.2. The quantitative estimate of drug-likeness (QED) is 0.106. The van der Waals surface area contributed by atoms with Gasteiger partial charge in [0.2, 0.25) is 0 Å². The molecule has 0 amide bonds. The number of phosphoric acid groups is 1. The zero-order chi connectivity index (χ0) is 24.5. The predicted octanol–water partition coefficient (Wildman–Crippen LogP) is 4.76. The highest BCUT2D eigenvalue weighted by Crippen LogP contribution is 2.31. The third-order valence-corrected chi connectivity index (χ3v) is 7.42. The number of unbranched alkanes of at least 4 members (excludes halogenated alkanes) is 9. The molecule has 0 saturated carbocycles. The molecule has 32 heavy (non-hydrogen) atoms. The van der Waals surface area contributed by atoms with E-state index in [1.54, 1.807) is 11.8 Å². The Bertz CT molecular complexity index is 523. The second kappa shape index (κ2) is 18.2. The number of phosphoric ester groups is 1. The summed E-state index contributed by atoms with van der Waals surface area (Å²) in [6.07, 6.45) is 13.7. The number of rotatable bonds is 21. The Morgan fingerprint density at radius 1 is 1.03 bits per heavy atom. The van der Waals surface area contributed by atoms with E-state index in [4.69, 9.17) is 9.63 Å². The standard InChI is InChI=1S/C23H48NO6PS/c1-6-7-8-9-10-11-12-13-14-15-18-32-20-21(2)23(25)29-17-16-22(24(3,4)5)19-30-31(26,27)28/h21-22H,6-20H2,1-5H3,(H-,26,27,28). The minimum Gasteiger partial charge on any atom is -0.756 e. The molecule has 0 rings (SSSR count). The van der Waals surface area contributed by atoms with E-state index in [9.17, 15) is 14.3 Å². The molecule has 0 aromatic heterocycles. The van der Waals surface area contributed by atoms with Crippen LogP contribution in [0, 0.1) is 5.92 Å². The van der Waals surface area contributed by atoms with Gasteiger partial charge in [0.25, 0.3) is 7.82 Å². The zero-order valence-corrected chi connectivity index (χ0v) is 22.8. The topological polar surface area (TPSA) is 95.9 Å². The summed E-state index contributed by atoms with van der Waals surface area (Å²) in [4.78, 5) is 31.9. The molecule has 0 spiro atoms. The lowest BCUT2D eigenvalue weighted by Crippen LogP contribution is -2.48. The fraction of sp³-hybridized carbons (Fsp3) is 0.957. The summed E-state index contributed by atoms with van der Waals surface area (Å²) in [6, 6.07) is -0.224. The summed E-state index contributed by atoms with van der Waals surface area (Å²) >= 11 is 1.80. The predicted molar refractivity (Wildman–Crippen MR) is 132 cm³/mol. The van der Waals surface area contributed by atoms with E-state index in [1.165, 1.54) is 64.2 Å². The van der Waals surface area contributed by atoms with Crippen LogP contribution in [0.25, 0.3) is 0 Å². The van der Waals surface area contributed by atoms with Gasteiger partial charge in [-0.05, 0) is 12.2 Å². The molecule has 0 fully saturated rings. The lowest BCUT2D eigenvalue weighted by atomic mass is 10.1. The van der Waals surface area contributed by atoms with Gasteiger partial charge in [0, 0.05) is 12.2 Å². The third-order valence-electron chi connectivity index (χ3n) is 5.63. The third kappa shape index (κ3) is 19.4. The Morgan fingerprint density at radius 3 is 2.06 bits per heavy atom. The van der Waals surface area contributed by atoms with E-state index in [0.717, 1.165) is 11.5 Å². The zero-order valence-electron chi connectivity index (χ0n) is 21.1. The highest BCUT2D eigenvalue weighted by atomic mass is 32.2. The van der Waals surface area contributed by atoms with Gasteiger partial charge in [-0.3, -0.25) is 9.36 Å². The molecule has 3 unspecified atom stereocenters. The van der Waals surface area contributed by atoms with Crippen molar-refractivity contribution in [3.8, 4) is 0 Å². The fourth-order valence-electron chi connectivity index (χ4n) is 3.33. The smallest absolute Gasteiger partial charge is 0.309 e. The Balaban J connectivity index is 3.83. The second-order valence-corrected chi connectivity index (χ2v) is 12.0. The number of hydrogen-bond acceptors (Lipinski definition) is 6. The summed E-state index contributed by atoms with van der Waals surface area (Å²) in [7, 11) is 0.937. The van der Waals surface area contributed by atoms with Crippen molar-refractivity contribution in [2.24, 2.45) is 5.92 Å². The molecule has 0 aromatic carbocycles. The van der Waals surface area contributed by atoms with Crippen LogP contribution in [-0.2, 0) is 18.6 Å². The van der Waals surface area contributed by atoms with Crippen molar-refractivity contribution in [3.63, 3.8) is 0 Å². The van der Waals surface area contributed by atoms with Crippen molar-refractivity contribution >= 4 is 25.6 Å². The number of nitrogens with zero attached hydrogens (tertiary/aromatic N) is 1. The molecular weight excluding hydrogens is 449 g/mol. The van der Waals surface area contributed by atoms with Gasteiger partial charge in [-0.15, -0.1) is 0 Å². The van der Waals surface area contributed by atoms with E-state index < -0.39 is 7.82 Å². The average molecular weight is 498 g/mol. The van der Waals surface area contributed by atoms with Gasteiger partial charge in [-0.25, -0.2) is 0 Å². The van der Waals surface area contributed by atoms with Gasteiger partial charge in [0.05, 0.1) is 33.7 Å². The first-order valence-electron chi connectivity index (χ1n) is 12.2. The number of carbonyl (C=O) groups excluding carboxylic acids is 1. The molecule has 7 nitrogen and oxygen atoms in total. The highest BCUT2D eigenvalue weighted by Gasteiger charge is 2.26. The number of esters is 1. The number of thioether (sulfide) groups is 1. The van der Waals surface area contributed by atoms with Gasteiger partial charge in [-0.2, -0.15) is 11.8 Å². The van der Waals surface area contributed by atoms with E-state index in [1.807, 2.05) is 28.1 Å². The van der Waals surface area contributed by atoms with Crippen LogP contribution in [0.2, 0.25) is 0 Å². The van der Waals surface area contributed by atoms with Gasteiger partial charge in [-0.1, -0.05) is 71.6 Å². The highest BCUT2D eigenvalue weighted by molar-refractivity contribution is 7.99. The van der Waals surface area contributed by atoms with Gasteiger partial charge >= 0.3 is 5.97 Å². The van der Waals surface area contributed by atoms with Crippen LogP contribution in [0.4, 0.5) is 0 Å². The SMILES string of the molecule is CCCCCCCCCCCCSCC(C)C(=O)OCCC(COP(=O)([O-])O)[N+](C)(C)C. The van der Waals surface area contributed by atoms with Crippen molar-refractivity contribution in [2.45, 2.75) is 90.5 Å². The number of likely N-dealkylation sites (N-methyl/N-ethyl adjacent to an activating group) is 1. The fourth-order valence-corrected chi connectivity index (χ4v) is 4.76. The second-order valence-electron chi connectivity index (χ2n) is 9.65. The first kappa shape index (κ1) is 31.9. The number of quaternary nitrogens is 1. The number of ether oxygens (including phenoxy) is 1. The Labute approximate surface area is 200 Å². The van der Waals surface area contributed by atoms with Crippen LogP contribution >= 0.6 is 19.6 Å². The molecule has 0 radical (unpaired) electrons. The average Bonchev–Trinajstić information content (AvgIpc) is 2.69. The molecule has 1 N–H and O–H groups in total. The maximum absolute atomic E-state index is 12.2. The number of carbonyl (C=O) groups is 1. The number of hydrogen-bond donors (Lipinski definition) is 1. The van der Waals surface area contributed by atoms with E-state index in [2.05, 4.69) is 11.4 Å². The largest absolute Gasteiger partial charge is 0.756 e. The first-order chi connectivity index (χ1) is 15.0. The van der Waals surface area contributed by atoms with Crippen LogP contribution in [0.15, 0.2) is 0 Å². The summed E-state index contributed by atoms with van der Waals surface area (Å²) in [5.74, 6) is 1.44. The lowest BCUT2D eigenvalue weighted by molar-refractivity contribution is -0.896. The molecule has 0 aromatic rings. The van der Waals surface area contributed by atoms with Crippen LogP contribution in [0.5, 0.6) is 0 Å².